The maximum atomic E-state index is 13.5. The molecule has 0 aliphatic carbocycles. The molecule has 0 unspecified atom stereocenters. The number of carbonyl (C=O) groups excluding carboxylic acids is 1. The molecule has 8 heteroatoms. The Labute approximate surface area is 131 Å². The van der Waals surface area contributed by atoms with Crippen LogP contribution in [0.15, 0.2) is 46.9 Å². The van der Waals surface area contributed by atoms with Gasteiger partial charge in [0.2, 0.25) is 0 Å². The molecule has 0 aromatic heterocycles. The third-order valence-electron chi connectivity index (χ3n) is 2.72. The van der Waals surface area contributed by atoms with Crippen LogP contribution in [0.5, 0.6) is 0 Å². The van der Waals surface area contributed by atoms with E-state index in [1.165, 1.54) is 24.3 Å². The van der Waals surface area contributed by atoms with Gasteiger partial charge in [0.05, 0.1) is 16.8 Å². The van der Waals surface area contributed by atoms with Crippen LogP contribution in [0.25, 0.3) is 0 Å². The summed E-state index contributed by atoms with van der Waals surface area (Å²) < 4.78 is 52.4. The maximum absolute atomic E-state index is 13.5. The number of rotatable bonds is 3. The molecule has 2 aromatic carbocycles. The van der Waals surface area contributed by atoms with Gasteiger partial charge in [-0.25, -0.2) is 4.39 Å². The number of hydrazine groups is 1. The first kappa shape index (κ1) is 16.3. The summed E-state index contributed by atoms with van der Waals surface area (Å²) in [5, 5.41) is 0. The van der Waals surface area contributed by atoms with Gasteiger partial charge in [-0.05, 0) is 30.3 Å². The van der Waals surface area contributed by atoms with E-state index in [2.05, 4.69) is 21.4 Å². The monoisotopic (exact) mass is 376 g/mol. The molecule has 2 N–H and O–H groups in total. The van der Waals surface area contributed by atoms with Crippen molar-refractivity contribution in [3.05, 3.63) is 63.9 Å². The van der Waals surface area contributed by atoms with E-state index in [0.717, 1.165) is 18.2 Å². The van der Waals surface area contributed by atoms with Gasteiger partial charge in [-0.1, -0.05) is 28.1 Å². The zero-order valence-electron chi connectivity index (χ0n) is 10.8. The molecule has 116 valence electrons. The summed E-state index contributed by atoms with van der Waals surface area (Å²) in [7, 11) is 0. The SMILES string of the molecule is O=C(NNc1ccccc1C(F)(F)F)c1cc(Br)ccc1F. The van der Waals surface area contributed by atoms with Gasteiger partial charge in [0, 0.05) is 4.47 Å². The van der Waals surface area contributed by atoms with Gasteiger partial charge >= 0.3 is 6.18 Å². The minimum atomic E-state index is -4.57. The van der Waals surface area contributed by atoms with Crippen LogP contribution in [0.3, 0.4) is 0 Å². The number of nitrogens with one attached hydrogen (secondary N) is 2. The van der Waals surface area contributed by atoms with E-state index >= 15 is 0 Å². The Bertz CT molecular complexity index is 703. The van der Waals surface area contributed by atoms with Gasteiger partial charge in [0.1, 0.15) is 5.82 Å². The maximum Gasteiger partial charge on any atom is 0.418 e. The third kappa shape index (κ3) is 3.76. The molecule has 0 atom stereocenters. The summed E-state index contributed by atoms with van der Waals surface area (Å²) in [5.74, 6) is -1.68. The molecule has 0 spiro atoms. The fraction of sp³-hybridized carbons (Fsp3) is 0.0714. The number of benzene rings is 2. The Hall–Kier alpha value is -2.09. The first-order chi connectivity index (χ1) is 10.3. The summed E-state index contributed by atoms with van der Waals surface area (Å²) in [5.41, 5.74) is 2.64. The number of carbonyl (C=O) groups is 1. The van der Waals surface area contributed by atoms with E-state index in [9.17, 15) is 22.4 Å². The topological polar surface area (TPSA) is 41.1 Å². The fourth-order valence-corrected chi connectivity index (χ4v) is 2.06. The van der Waals surface area contributed by atoms with E-state index < -0.39 is 23.5 Å². The Morgan fingerprint density at radius 1 is 1.09 bits per heavy atom. The Morgan fingerprint density at radius 2 is 1.77 bits per heavy atom. The molecule has 2 aromatic rings. The third-order valence-corrected chi connectivity index (χ3v) is 3.21. The molecule has 0 aliphatic heterocycles. The Balaban J connectivity index is 2.17. The molecule has 2 rings (SSSR count). The second-order valence-corrected chi connectivity index (χ2v) is 5.16. The van der Waals surface area contributed by atoms with Crippen LogP contribution in [0.4, 0.5) is 23.2 Å². The second-order valence-electron chi connectivity index (χ2n) is 4.25. The summed E-state index contributed by atoms with van der Waals surface area (Å²) in [6.45, 7) is 0. The predicted molar refractivity (Wildman–Crippen MR) is 76.6 cm³/mol. The number of amides is 1. The highest BCUT2D eigenvalue weighted by Crippen LogP contribution is 2.34. The molecule has 0 radical (unpaired) electrons. The number of anilines is 1. The van der Waals surface area contributed by atoms with Crippen molar-refractivity contribution in [1.29, 1.82) is 0 Å². The van der Waals surface area contributed by atoms with Gasteiger partial charge in [-0.3, -0.25) is 15.6 Å². The number of alkyl halides is 3. The van der Waals surface area contributed by atoms with Crippen LogP contribution in [-0.2, 0) is 6.18 Å². The van der Waals surface area contributed by atoms with Crippen LogP contribution >= 0.6 is 15.9 Å². The van der Waals surface area contributed by atoms with Crippen molar-refractivity contribution >= 4 is 27.5 Å². The highest BCUT2D eigenvalue weighted by Gasteiger charge is 2.33. The normalized spacial score (nSPS) is 11.1. The molecule has 0 bridgehead atoms. The number of para-hydroxylation sites is 1. The standard InChI is InChI=1S/C14H9BrF4N2O/c15-8-5-6-11(16)9(7-8)13(22)21-20-12-4-2-1-3-10(12)14(17,18)19/h1-7,20H,(H,21,22). The van der Waals surface area contributed by atoms with Crippen molar-refractivity contribution in [3.63, 3.8) is 0 Å². The number of hydrogen-bond acceptors (Lipinski definition) is 2. The van der Waals surface area contributed by atoms with Crippen molar-refractivity contribution in [2.45, 2.75) is 6.18 Å². The first-order valence-corrected chi connectivity index (χ1v) is 6.76. The van der Waals surface area contributed by atoms with E-state index in [0.29, 0.717) is 4.47 Å². The van der Waals surface area contributed by atoms with E-state index in [1.54, 1.807) is 0 Å². The highest BCUT2D eigenvalue weighted by atomic mass is 79.9. The van der Waals surface area contributed by atoms with Crippen LogP contribution in [0.1, 0.15) is 15.9 Å². The lowest BCUT2D eigenvalue weighted by Crippen LogP contribution is -2.31. The summed E-state index contributed by atoms with van der Waals surface area (Å²) >= 11 is 3.08. The average molecular weight is 377 g/mol. The van der Waals surface area contributed by atoms with Crippen molar-refractivity contribution in [2.75, 3.05) is 5.43 Å². The van der Waals surface area contributed by atoms with Gasteiger partial charge < -0.3 is 0 Å². The van der Waals surface area contributed by atoms with Gasteiger partial charge in [-0.2, -0.15) is 13.2 Å². The molecule has 3 nitrogen and oxygen atoms in total. The second kappa shape index (κ2) is 6.35. The van der Waals surface area contributed by atoms with Crippen molar-refractivity contribution in [1.82, 2.24) is 5.43 Å². The average Bonchev–Trinajstić information content (AvgIpc) is 2.46. The van der Waals surface area contributed by atoms with Crippen LogP contribution in [0, 0.1) is 5.82 Å². The molecule has 0 fully saturated rings. The predicted octanol–water partition coefficient (Wildman–Crippen LogP) is 4.36. The molecular formula is C14H9BrF4N2O. The van der Waals surface area contributed by atoms with Crippen LogP contribution in [-0.4, -0.2) is 5.91 Å². The zero-order chi connectivity index (χ0) is 16.3. The van der Waals surface area contributed by atoms with Gasteiger partial charge in [0.25, 0.3) is 5.91 Å². The van der Waals surface area contributed by atoms with Gasteiger partial charge in [-0.15, -0.1) is 0 Å². The quantitative estimate of drug-likeness (QED) is 0.617. The number of halogens is 5. The van der Waals surface area contributed by atoms with Crippen LogP contribution in [0.2, 0.25) is 0 Å². The fourth-order valence-electron chi connectivity index (χ4n) is 1.70. The van der Waals surface area contributed by atoms with Crippen molar-refractivity contribution in [3.8, 4) is 0 Å². The molecule has 0 heterocycles. The van der Waals surface area contributed by atoms with Crippen LogP contribution < -0.4 is 10.9 Å². The smallest absolute Gasteiger partial charge is 0.298 e. The minimum absolute atomic E-state index is 0.300. The highest BCUT2D eigenvalue weighted by molar-refractivity contribution is 9.10. The lowest BCUT2D eigenvalue weighted by molar-refractivity contribution is -0.137. The summed E-state index contributed by atoms with van der Waals surface area (Å²) in [6.07, 6.45) is -4.57. The van der Waals surface area contributed by atoms with Gasteiger partial charge in [0.15, 0.2) is 0 Å². The lowest BCUT2D eigenvalue weighted by atomic mass is 10.2. The van der Waals surface area contributed by atoms with E-state index in [4.69, 9.17) is 0 Å². The van der Waals surface area contributed by atoms with Crippen molar-refractivity contribution < 1.29 is 22.4 Å². The first-order valence-electron chi connectivity index (χ1n) is 5.96. The molecule has 0 saturated heterocycles. The molecule has 0 aliphatic rings. The Morgan fingerprint density at radius 3 is 2.45 bits per heavy atom. The Kier molecular flexibility index (Phi) is 4.70. The lowest BCUT2D eigenvalue weighted by Gasteiger charge is -2.15. The van der Waals surface area contributed by atoms with E-state index in [-0.39, 0.29) is 11.3 Å². The van der Waals surface area contributed by atoms with E-state index in [1.807, 2.05) is 5.43 Å². The summed E-state index contributed by atoms with van der Waals surface area (Å²) in [6, 6.07) is 8.32. The largest absolute Gasteiger partial charge is 0.418 e. The number of hydrogen-bond donors (Lipinski definition) is 2. The zero-order valence-corrected chi connectivity index (χ0v) is 12.4. The minimum Gasteiger partial charge on any atom is -0.298 e. The van der Waals surface area contributed by atoms with Crippen molar-refractivity contribution in [2.24, 2.45) is 0 Å². The molecule has 0 saturated carbocycles. The summed E-state index contributed by atoms with van der Waals surface area (Å²) in [4.78, 5) is 11.8. The molecule has 1 amide bonds. The molecule has 22 heavy (non-hydrogen) atoms. The molecular weight excluding hydrogens is 368 g/mol.